The van der Waals surface area contributed by atoms with Crippen LogP contribution in [0.3, 0.4) is 0 Å². The Hall–Kier alpha value is -1.80. The number of nitrogens with two attached hydrogens (primary N) is 1. The summed E-state index contributed by atoms with van der Waals surface area (Å²) in [4.78, 5) is 0. The number of benzene rings is 2. The van der Waals surface area contributed by atoms with E-state index in [0.29, 0.717) is 6.61 Å². The molecule has 2 aromatic carbocycles. The summed E-state index contributed by atoms with van der Waals surface area (Å²) in [6.45, 7) is 4.72. The van der Waals surface area contributed by atoms with E-state index >= 15 is 0 Å². The molecule has 2 N–H and O–H groups in total. The maximum absolute atomic E-state index is 5.94. The van der Waals surface area contributed by atoms with E-state index in [9.17, 15) is 0 Å². The van der Waals surface area contributed by atoms with Crippen LogP contribution in [0.2, 0.25) is 0 Å². The molecule has 0 spiro atoms. The van der Waals surface area contributed by atoms with Gasteiger partial charge in [0.05, 0.1) is 6.61 Å². The lowest BCUT2D eigenvalue weighted by Crippen LogP contribution is -2.18. The molecule has 2 heteroatoms. The monoisotopic (exact) mass is 269 g/mol. The lowest BCUT2D eigenvalue weighted by molar-refractivity contribution is 0.335. The summed E-state index contributed by atoms with van der Waals surface area (Å²) in [7, 11) is 0. The maximum atomic E-state index is 5.94. The highest BCUT2D eigenvalue weighted by Gasteiger charge is 2.08. The van der Waals surface area contributed by atoms with Gasteiger partial charge >= 0.3 is 0 Å². The molecule has 0 fully saturated rings. The molecule has 0 saturated carbocycles. The molecule has 0 aliphatic rings. The Morgan fingerprint density at radius 3 is 2.45 bits per heavy atom. The Labute approximate surface area is 121 Å². The van der Waals surface area contributed by atoms with E-state index in [1.807, 2.05) is 19.9 Å². The zero-order valence-corrected chi connectivity index (χ0v) is 12.3. The first kappa shape index (κ1) is 14.6. The van der Waals surface area contributed by atoms with E-state index in [2.05, 4.69) is 42.5 Å². The number of ether oxygens (including phenoxy) is 1. The van der Waals surface area contributed by atoms with Crippen molar-refractivity contribution in [3.8, 4) is 5.75 Å². The molecule has 0 bridgehead atoms. The Balaban J connectivity index is 2.22. The Morgan fingerprint density at radius 1 is 1.05 bits per heavy atom. The normalized spacial score (nSPS) is 12.2. The van der Waals surface area contributed by atoms with Crippen molar-refractivity contribution < 1.29 is 4.74 Å². The molecule has 0 heterocycles. The second kappa shape index (κ2) is 7.11. The van der Waals surface area contributed by atoms with Crippen LogP contribution in [0.25, 0.3) is 0 Å². The maximum Gasteiger partial charge on any atom is 0.122 e. The van der Waals surface area contributed by atoms with Gasteiger partial charge in [-0.2, -0.15) is 0 Å². The van der Waals surface area contributed by atoms with Crippen LogP contribution >= 0.6 is 0 Å². The topological polar surface area (TPSA) is 35.2 Å². The van der Waals surface area contributed by atoms with Gasteiger partial charge in [-0.15, -0.1) is 0 Å². The van der Waals surface area contributed by atoms with Gasteiger partial charge in [-0.05, 0) is 49.4 Å². The average Bonchev–Trinajstić information content (AvgIpc) is 2.42. The largest absolute Gasteiger partial charge is 0.494 e. The highest BCUT2D eigenvalue weighted by molar-refractivity contribution is 5.39. The van der Waals surface area contributed by atoms with E-state index in [0.717, 1.165) is 18.6 Å². The minimum Gasteiger partial charge on any atom is -0.494 e. The van der Waals surface area contributed by atoms with Gasteiger partial charge in [-0.3, -0.25) is 0 Å². The second-order valence-electron chi connectivity index (χ2n) is 5.22. The summed E-state index contributed by atoms with van der Waals surface area (Å²) in [6, 6.07) is 17.1. The SMILES string of the molecule is CCOc1ccc(Cc2ccccc2)cc1CC(C)N. The smallest absolute Gasteiger partial charge is 0.122 e. The molecule has 0 aliphatic heterocycles. The molecule has 0 radical (unpaired) electrons. The molecular formula is C18H23NO. The van der Waals surface area contributed by atoms with Crippen LogP contribution in [0.5, 0.6) is 5.75 Å². The number of hydrogen-bond acceptors (Lipinski definition) is 2. The fraction of sp³-hybridized carbons (Fsp3) is 0.333. The molecule has 2 nitrogen and oxygen atoms in total. The lowest BCUT2D eigenvalue weighted by Gasteiger charge is -2.14. The first-order chi connectivity index (χ1) is 9.69. The fourth-order valence-electron chi connectivity index (χ4n) is 2.38. The van der Waals surface area contributed by atoms with Crippen LogP contribution in [-0.4, -0.2) is 12.6 Å². The molecule has 1 unspecified atom stereocenters. The van der Waals surface area contributed by atoms with Crippen LogP contribution in [-0.2, 0) is 12.8 Å². The third-order valence-corrected chi connectivity index (χ3v) is 3.22. The van der Waals surface area contributed by atoms with Crippen LogP contribution in [0, 0.1) is 0 Å². The third-order valence-electron chi connectivity index (χ3n) is 3.22. The summed E-state index contributed by atoms with van der Waals surface area (Å²) < 4.78 is 5.69. The zero-order valence-electron chi connectivity index (χ0n) is 12.3. The quantitative estimate of drug-likeness (QED) is 0.870. The zero-order chi connectivity index (χ0) is 14.4. The number of hydrogen-bond donors (Lipinski definition) is 1. The number of rotatable bonds is 6. The van der Waals surface area contributed by atoms with E-state index < -0.39 is 0 Å². The molecule has 2 rings (SSSR count). The van der Waals surface area contributed by atoms with E-state index in [4.69, 9.17) is 10.5 Å². The van der Waals surface area contributed by atoms with E-state index in [-0.39, 0.29) is 6.04 Å². The Kier molecular flexibility index (Phi) is 5.19. The predicted octanol–water partition coefficient (Wildman–Crippen LogP) is 3.57. The van der Waals surface area contributed by atoms with Gasteiger partial charge in [0.2, 0.25) is 0 Å². The van der Waals surface area contributed by atoms with Crippen molar-refractivity contribution in [2.24, 2.45) is 5.73 Å². The van der Waals surface area contributed by atoms with Gasteiger partial charge in [0, 0.05) is 6.04 Å². The van der Waals surface area contributed by atoms with Crippen LogP contribution in [0.15, 0.2) is 48.5 Å². The van der Waals surface area contributed by atoms with Crippen LogP contribution in [0.1, 0.15) is 30.5 Å². The minimum absolute atomic E-state index is 0.140. The van der Waals surface area contributed by atoms with Crippen LogP contribution in [0.4, 0.5) is 0 Å². The highest BCUT2D eigenvalue weighted by atomic mass is 16.5. The predicted molar refractivity (Wildman–Crippen MR) is 84.2 cm³/mol. The van der Waals surface area contributed by atoms with Gasteiger partial charge in [-0.25, -0.2) is 0 Å². The van der Waals surface area contributed by atoms with Gasteiger partial charge in [0.15, 0.2) is 0 Å². The summed E-state index contributed by atoms with van der Waals surface area (Å²) in [5, 5.41) is 0. The molecule has 0 aromatic heterocycles. The fourth-order valence-corrected chi connectivity index (χ4v) is 2.38. The van der Waals surface area contributed by atoms with Crippen molar-refractivity contribution in [3.63, 3.8) is 0 Å². The first-order valence-corrected chi connectivity index (χ1v) is 7.23. The summed E-state index contributed by atoms with van der Waals surface area (Å²) in [6.07, 6.45) is 1.79. The van der Waals surface area contributed by atoms with Crippen molar-refractivity contribution in [1.82, 2.24) is 0 Å². The lowest BCUT2D eigenvalue weighted by atomic mass is 9.99. The average molecular weight is 269 g/mol. The minimum atomic E-state index is 0.140. The second-order valence-corrected chi connectivity index (χ2v) is 5.22. The molecule has 20 heavy (non-hydrogen) atoms. The Bertz CT molecular complexity index is 534. The molecular weight excluding hydrogens is 246 g/mol. The third kappa shape index (κ3) is 4.10. The molecule has 1 atom stereocenters. The van der Waals surface area contributed by atoms with E-state index in [1.54, 1.807) is 0 Å². The van der Waals surface area contributed by atoms with Crippen molar-refractivity contribution in [1.29, 1.82) is 0 Å². The van der Waals surface area contributed by atoms with Crippen molar-refractivity contribution in [3.05, 3.63) is 65.2 Å². The Morgan fingerprint density at radius 2 is 1.80 bits per heavy atom. The van der Waals surface area contributed by atoms with Crippen LogP contribution < -0.4 is 10.5 Å². The van der Waals surface area contributed by atoms with Crippen molar-refractivity contribution in [2.45, 2.75) is 32.7 Å². The van der Waals surface area contributed by atoms with E-state index in [1.165, 1.54) is 16.7 Å². The molecule has 2 aromatic rings. The van der Waals surface area contributed by atoms with Crippen molar-refractivity contribution in [2.75, 3.05) is 6.61 Å². The standard InChI is InChI=1S/C18H23NO/c1-3-20-18-10-9-16(13-17(18)11-14(2)19)12-15-7-5-4-6-8-15/h4-10,13-14H,3,11-12,19H2,1-2H3. The van der Waals surface area contributed by atoms with Gasteiger partial charge < -0.3 is 10.5 Å². The van der Waals surface area contributed by atoms with Gasteiger partial charge in [0.1, 0.15) is 5.75 Å². The molecule has 0 amide bonds. The molecule has 106 valence electrons. The van der Waals surface area contributed by atoms with Gasteiger partial charge in [0.25, 0.3) is 0 Å². The van der Waals surface area contributed by atoms with Gasteiger partial charge in [-0.1, -0.05) is 42.5 Å². The summed E-state index contributed by atoms with van der Waals surface area (Å²) in [5.74, 6) is 0.960. The summed E-state index contributed by atoms with van der Waals surface area (Å²) in [5.41, 5.74) is 9.76. The molecule has 0 saturated heterocycles. The first-order valence-electron chi connectivity index (χ1n) is 7.23. The highest BCUT2D eigenvalue weighted by Crippen LogP contribution is 2.23. The molecule has 0 aliphatic carbocycles. The van der Waals surface area contributed by atoms with Crippen molar-refractivity contribution >= 4 is 0 Å². The summed E-state index contributed by atoms with van der Waals surface area (Å²) >= 11 is 0.